The number of ether oxygens (including phenoxy) is 1. The van der Waals surface area contributed by atoms with Crippen LogP contribution in [0.4, 0.5) is 0 Å². The lowest BCUT2D eigenvalue weighted by atomic mass is 10.7. The van der Waals surface area contributed by atoms with Crippen LogP contribution in [0.5, 0.6) is 0 Å². The van der Waals surface area contributed by atoms with Gasteiger partial charge in [0.15, 0.2) is 26.2 Å². The summed E-state index contributed by atoms with van der Waals surface area (Å²) in [6.45, 7) is 16.1. The van der Waals surface area contributed by atoms with E-state index in [2.05, 4.69) is 45.9 Å². The highest BCUT2D eigenvalue weighted by atomic mass is 28.4. The Morgan fingerprint density at radius 1 is 1.17 bits per heavy atom. The summed E-state index contributed by atoms with van der Waals surface area (Å²) in [4.78, 5) is 11.0. The van der Waals surface area contributed by atoms with Crippen LogP contribution in [0.25, 0.3) is 0 Å². The molecule has 0 aliphatic heterocycles. The topological polar surface area (TPSA) is 44.8 Å². The molecule has 0 aromatic rings. The number of carbonyl (C=O) groups excluding carboxylic acids is 1. The fourth-order valence-corrected chi connectivity index (χ4v) is 5.62. The highest BCUT2D eigenvalue weighted by Gasteiger charge is 2.27. The second-order valence-electron chi connectivity index (χ2n) is 5.81. The third kappa shape index (κ3) is 10.9. The van der Waals surface area contributed by atoms with Gasteiger partial charge in [0.25, 0.3) is 0 Å². The van der Waals surface area contributed by atoms with E-state index in [1.807, 2.05) is 0 Å². The maximum atomic E-state index is 11.0. The molecule has 0 aliphatic carbocycles. The molecule has 0 fully saturated rings. The Kier molecular flexibility index (Phi) is 7.30. The maximum absolute atomic E-state index is 11.0. The van der Waals surface area contributed by atoms with E-state index >= 15 is 0 Å². The van der Waals surface area contributed by atoms with Crippen molar-refractivity contribution >= 4 is 32.1 Å². The Labute approximate surface area is 115 Å². The molecule has 0 bridgehead atoms. The van der Waals surface area contributed by atoms with Gasteiger partial charge in [0.1, 0.15) is 5.91 Å². The van der Waals surface area contributed by atoms with Crippen molar-refractivity contribution in [1.29, 1.82) is 0 Å². The summed E-state index contributed by atoms with van der Waals surface area (Å²) in [5.41, 5.74) is 0. The average Bonchev–Trinajstić information content (AvgIpc) is 2.12. The van der Waals surface area contributed by atoms with Crippen molar-refractivity contribution in [1.82, 2.24) is 0 Å². The van der Waals surface area contributed by atoms with Crippen LogP contribution in [0.15, 0.2) is 12.7 Å². The molecule has 0 spiro atoms. The van der Waals surface area contributed by atoms with E-state index in [0.717, 1.165) is 6.08 Å². The van der Waals surface area contributed by atoms with Crippen LogP contribution < -0.4 is 0 Å². The van der Waals surface area contributed by atoms with Gasteiger partial charge in [-0.15, -0.1) is 0 Å². The van der Waals surface area contributed by atoms with Crippen molar-refractivity contribution in [3.63, 3.8) is 0 Å². The lowest BCUT2D eigenvalue weighted by molar-refractivity contribution is -0.135. The van der Waals surface area contributed by atoms with E-state index in [1.165, 1.54) is 0 Å². The average molecular weight is 305 g/mol. The number of esters is 1. The van der Waals surface area contributed by atoms with E-state index in [9.17, 15) is 4.79 Å². The number of hydrogen-bond donors (Lipinski definition) is 0. The van der Waals surface area contributed by atoms with Crippen molar-refractivity contribution in [3.05, 3.63) is 12.7 Å². The van der Waals surface area contributed by atoms with Crippen LogP contribution in [0.3, 0.4) is 0 Å². The molecular formula is C11H24O4Si3. The van der Waals surface area contributed by atoms with Gasteiger partial charge in [-0.25, -0.2) is 4.79 Å². The fraction of sp³-hybridized carbons (Fsp3) is 0.727. The quantitative estimate of drug-likeness (QED) is 0.299. The molecule has 7 heteroatoms. The molecule has 0 saturated heterocycles. The highest BCUT2D eigenvalue weighted by Crippen LogP contribution is 2.13. The molecule has 0 aromatic heterocycles. The maximum Gasteiger partial charge on any atom is 0.329 e. The van der Waals surface area contributed by atoms with Crippen LogP contribution in [0.1, 0.15) is 0 Å². The lowest BCUT2D eigenvalue weighted by Gasteiger charge is -2.31. The first-order valence-electron chi connectivity index (χ1n) is 5.92. The monoisotopic (exact) mass is 304 g/mol. The third-order valence-corrected chi connectivity index (χ3v) is 4.75. The first-order chi connectivity index (χ1) is 8.03. The van der Waals surface area contributed by atoms with Crippen molar-refractivity contribution in [2.45, 2.75) is 45.2 Å². The zero-order valence-electron chi connectivity index (χ0n) is 12.2. The molecule has 0 rings (SSSR count). The van der Waals surface area contributed by atoms with Gasteiger partial charge in [0.2, 0.25) is 0 Å². The van der Waals surface area contributed by atoms with Crippen LogP contribution in [-0.4, -0.2) is 44.3 Å². The van der Waals surface area contributed by atoms with E-state index < -0.39 is 22.6 Å². The Morgan fingerprint density at radius 2 is 1.61 bits per heavy atom. The summed E-state index contributed by atoms with van der Waals surface area (Å²) in [6, 6.07) is 0. The fourth-order valence-electron chi connectivity index (χ4n) is 0.989. The minimum absolute atomic E-state index is 0.249. The summed E-state index contributed by atoms with van der Waals surface area (Å²) >= 11 is 0. The summed E-state index contributed by atoms with van der Waals surface area (Å²) < 4.78 is 16.9. The zero-order chi connectivity index (χ0) is 14.4. The minimum atomic E-state index is -1.66. The predicted molar refractivity (Wildman–Crippen MR) is 79.6 cm³/mol. The van der Waals surface area contributed by atoms with E-state index in [-0.39, 0.29) is 5.91 Å². The van der Waals surface area contributed by atoms with Crippen LogP contribution >= 0.6 is 0 Å². The van der Waals surface area contributed by atoms with Gasteiger partial charge in [-0.05, 0) is 39.3 Å². The molecule has 2 radical (unpaired) electrons. The van der Waals surface area contributed by atoms with Gasteiger partial charge in [0, 0.05) is 6.08 Å². The van der Waals surface area contributed by atoms with E-state index in [4.69, 9.17) is 13.6 Å². The largest absolute Gasteiger partial charge is 0.467 e. The molecule has 0 amide bonds. The summed E-state index contributed by atoms with van der Waals surface area (Å²) in [7, 11) is -3.02. The first-order valence-corrected chi connectivity index (χ1v) is 14.0. The number of rotatable bonds is 8. The van der Waals surface area contributed by atoms with Gasteiger partial charge in [0.05, 0.1) is 6.23 Å². The SMILES string of the molecule is C=CC(=O)OC[Si]C(O[Si](C)(C)C)O[Si](C)(C)C. The van der Waals surface area contributed by atoms with Crippen LogP contribution in [0.2, 0.25) is 39.3 Å². The van der Waals surface area contributed by atoms with Crippen molar-refractivity contribution in [2.75, 3.05) is 6.23 Å². The molecule has 0 heterocycles. The molecule has 0 N–H and O–H groups in total. The van der Waals surface area contributed by atoms with E-state index in [1.54, 1.807) is 0 Å². The van der Waals surface area contributed by atoms with Gasteiger partial charge in [-0.2, -0.15) is 0 Å². The van der Waals surface area contributed by atoms with E-state index in [0.29, 0.717) is 15.7 Å². The van der Waals surface area contributed by atoms with Gasteiger partial charge >= 0.3 is 5.97 Å². The summed E-state index contributed by atoms with van der Waals surface area (Å²) in [5.74, 6) is -0.650. The van der Waals surface area contributed by atoms with Crippen molar-refractivity contribution in [3.8, 4) is 0 Å². The Balaban J connectivity index is 4.30. The summed E-state index contributed by atoms with van der Waals surface area (Å²) in [6.07, 6.45) is 1.49. The van der Waals surface area contributed by atoms with Gasteiger partial charge < -0.3 is 13.6 Å². The molecule has 104 valence electrons. The molecule has 18 heavy (non-hydrogen) atoms. The number of carbonyl (C=O) groups is 1. The standard InChI is InChI=1S/C11H24O4Si3/c1-8-10(12)13-9-16-11(14-17(2,3)4)15-18(5,6)7/h8,11H,1,9H2,2-7H3. The lowest BCUT2D eigenvalue weighted by Crippen LogP contribution is -2.44. The van der Waals surface area contributed by atoms with Crippen LogP contribution in [0, 0.1) is 0 Å². The molecule has 0 aliphatic rings. The second-order valence-corrected chi connectivity index (χ2v) is 15.9. The van der Waals surface area contributed by atoms with Crippen molar-refractivity contribution in [2.24, 2.45) is 0 Å². The Hall–Kier alpha value is -0.219. The van der Waals surface area contributed by atoms with Gasteiger partial charge in [-0.3, -0.25) is 0 Å². The smallest absolute Gasteiger partial charge is 0.329 e. The molecule has 4 nitrogen and oxygen atoms in total. The normalized spacial score (nSPS) is 12.6. The first kappa shape index (κ1) is 17.8. The molecule has 0 unspecified atom stereocenters. The Morgan fingerprint density at radius 3 is 1.94 bits per heavy atom. The van der Waals surface area contributed by atoms with Crippen LogP contribution in [-0.2, 0) is 18.4 Å². The third-order valence-electron chi connectivity index (χ3n) is 1.55. The molecule has 0 aromatic carbocycles. The number of hydrogen-bond acceptors (Lipinski definition) is 4. The minimum Gasteiger partial charge on any atom is -0.467 e. The van der Waals surface area contributed by atoms with Gasteiger partial charge in [-0.1, -0.05) is 6.58 Å². The molecule has 0 saturated carbocycles. The second kappa shape index (κ2) is 7.39. The highest BCUT2D eigenvalue weighted by molar-refractivity contribution is 6.71. The predicted octanol–water partition coefficient (Wildman–Crippen LogP) is 2.36. The van der Waals surface area contributed by atoms with Crippen molar-refractivity contribution < 1.29 is 18.4 Å². The molecule has 0 atom stereocenters. The molecular weight excluding hydrogens is 280 g/mol. The summed E-state index contributed by atoms with van der Waals surface area (Å²) in [5, 5.41) is 0. The Bertz CT molecular complexity index is 265. The zero-order valence-corrected chi connectivity index (χ0v) is 15.2.